The van der Waals surface area contributed by atoms with Crippen molar-refractivity contribution in [2.45, 2.75) is 50.8 Å². The third-order valence-electron chi connectivity index (χ3n) is 6.45. The van der Waals surface area contributed by atoms with Crippen LogP contribution in [0.2, 0.25) is 0 Å². The predicted octanol–water partition coefficient (Wildman–Crippen LogP) is 3.86. The average molecular weight is 388 g/mol. The predicted molar refractivity (Wildman–Crippen MR) is 118 cm³/mol. The molecule has 1 aliphatic heterocycles. The highest BCUT2D eigenvalue weighted by Gasteiger charge is 2.37. The summed E-state index contributed by atoms with van der Waals surface area (Å²) in [5, 5.41) is 2.94. The van der Waals surface area contributed by atoms with E-state index in [0.717, 1.165) is 24.4 Å². The minimum atomic E-state index is -0.639. The summed E-state index contributed by atoms with van der Waals surface area (Å²) in [5.74, 6) is 6.31. The summed E-state index contributed by atoms with van der Waals surface area (Å²) in [6.07, 6.45) is 16.1. The van der Waals surface area contributed by atoms with Crippen molar-refractivity contribution in [2.24, 2.45) is 22.6 Å². The number of nitrogens with two attached hydrogens (primary N) is 1. The second-order valence-corrected chi connectivity index (χ2v) is 14.0. The van der Waals surface area contributed by atoms with E-state index >= 15 is 0 Å². The standard InChI is InChI=1S/C21H33N5S/c1-8-16-11-15(9-10-27(6,7)21(3,4)5)12-17(16)26-13-23-18-14(2)24-20(22)25-19(18)26/h1,13,15-17H,2,9-12H2,3-7H3,(H3,22,24,25). The molecule has 0 spiro atoms. The lowest BCUT2D eigenvalue weighted by molar-refractivity contribution is 0.445. The van der Waals surface area contributed by atoms with Gasteiger partial charge in [0.1, 0.15) is 5.69 Å². The zero-order valence-electron chi connectivity index (χ0n) is 17.2. The van der Waals surface area contributed by atoms with Gasteiger partial charge >= 0.3 is 0 Å². The molecule has 1 saturated carbocycles. The number of terminal acetylenes is 1. The smallest absolute Gasteiger partial charge is 0.199 e. The summed E-state index contributed by atoms with van der Waals surface area (Å²) in [6, 6.07) is 0.228. The maximum Gasteiger partial charge on any atom is 0.199 e. The molecule has 3 unspecified atom stereocenters. The molecule has 6 heteroatoms. The van der Waals surface area contributed by atoms with Crippen molar-refractivity contribution in [1.29, 1.82) is 0 Å². The number of guanidine groups is 1. The first-order valence-electron chi connectivity index (χ1n) is 9.57. The summed E-state index contributed by atoms with van der Waals surface area (Å²) in [7, 11) is -0.639. The zero-order valence-corrected chi connectivity index (χ0v) is 18.1. The maximum absolute atomic E-state index is 5.91. The number of nitrogens with one attached hydrogen (secondary N) is 1. The SMILES string of the molecule is C#CC1CC(CCS(C)(C)C(C)(C)C)CC1n1cnc2c1N=C(N)NC2=C. The Hall–Kier alpha value is -1.87. The third-order valence-corrected chi connectivity index (χ3v) is 11.0. The highest BCUT2D eigenvalue weighted by Crippen LogP contribution is 2.55. The Bertz CT molecular complexity index is 806. The van der Waals surface area contributed by atoms with E-state index in [1.165, 1.54) is 12.2 Å². The van der Waals surface area contributed by atoms with Gasteiger partial charge in [-0.1, -0.05) is 27.4 Å². The first-order chi connectivity index (χ1) is 12.5. The molecule has 0 radical (unpaired) electrons. The Kier molecular flexibility index (Phi) is 5.11. The number of imidazole rings is 1. The average Bonchev–Trinajstić information content (AvgIpc) is 3.15. The number of aliphatic imine (C=N–C) groups is 1. The van der Waals surface area contributed by atoms with Crippen molar-refractivity contribution < 1.29 is 0 Å². The molecule has 3 rings (SSSR count). The Morgan fingerprint density at radius 2 is 2.11 bits per heavy atom. The first-order valence-corrected chi connectivity index (χ1v) is 12.2. The number of nitrogens with zero attached hydrogens (tertiary/aromatic N) is 3. The van der Waals surface area contributed by atoms with E-state index in [-0.39, 0.29) is 12.0 Å². The molecule has 2 aliphatic rings. The molecule has 3 atom stereocenters. The van der Waals surface area contributed by atoms with E-state index in [4.69, 9.17) is 12.2 Å². The molecular weight excluding hydrogens is 354 g/mol. The molecule has 5 nitrogen and oxygen atoms in total. The highest BCUT2D eigenvalue weighted by atomic mass is 32.3. The summed E-state index contributed by atoms with van der Waals surface area (Å²) < 4.78 is 2.50. The van der Waals surface area contributed by atoms with E-state index in [2.05, 4.69) is 65.6 Å². The fourth-order valence-electron chi connectivity index (χ4n) is 3.88. The largest absolute Gasteiger partial charge is 0.369 e. The summed E-state index contributed by atoms with van der Waals surface area (Å²) >= 11 is 0. The third kappa shape index (κ3) is 3.75. The van der Waals surface area contributed by atoms with Crippen molar-refractivity contribution in [3.8, 4) is 12.3 Å². The summed E-state index contributed by atoms with van der Waals surface area (Å²) in [4.78, 5) is 8.97. The van der Waals surface area contributed by atoms with Gasteiger partial charge in [-0.2, -0.15) is 4.99 Å². The highest BCUT2D eigenvalue weighted by molar-refractivity contribution is 8.33. The van der Waals surface area contributed by atoms with Gasteiger partial charge in [-0.25, -0.2) is 15.0 Å². The lowest BCUT2D eigenvalue weighted by Crippen LogP contribution is -2.32. The molecule has 1 fully saturated rings. The fraction of sp³-hybridized carbons (Fsp3) is 0.619. The molecule has 27 heavy (non-hydrogen) atoms. The van der Waals surface area contributed by atoms with Gasteiger partial charge < -0.3 is 15.6 Å². The number of hydrogen-bond acceptors (Lipinski definition) is 4. The lowest BCUT2D eigenvalue weighted by atomic mass is 10.0. The van der Waals surface area contributed by atoms with E-state index in [1.54, 1.807) is 0 Å². The number of hydrogen-bond donors (Lipinski definition) is 2. The van der Waals surface area contributed by atoms with Crippen LogP contribution in [-0.2, 0) is 0 Å². The molecule has 0 bridgehead atoms. The van der Waals surface area contributed by atoms with Crippen LogP contribution in [0.1, 0.15) is 51.8 Å². The molecule has 0 aromatic carbocycles. The van der Waals surface area contributed by atoms with Gasteiger partial charge in [0.15, 0.2) is 11.8 Å². The van der Waals surface area contributed by atoms with Crippen LogP contribution in [-0.4, -0.2) is 38.5 Å². The Morgan fingerprint density at radius 1 is 1.41 bits per heavy atom. The van der Waals surface area contributed by atoms with Crippen LogP contribution in [0.25, 0.3) is 5.70 Å². The van der Waals surface area contributed by atoms with E-state index in [0.29, 0.717) is 22.3 Å². The number of fused-ring (bicyclic) bond motifs is 1. The van der Waals surface area contributed by atoms with Crippen LogP contribution in [0.15, 0.2) is 17.9 Å². The van der Waals surface area contributed by atoms with Crippen LogP contribution in [0.5, 0.6) is 0 Å². The second-order valence-electron chi connectivity index (χ2n) is 9.25. The molecule has 0 saturated heterocycles. The van der Waals surface area contributed by atoms with Gasteiger partial charge in [0.25, 0.3) is 0 Å². The van der Waals surface area contributed by atoms with E-state index < -0.39 is 10.0 Å². The van der Waals surface area contributed by atoms with Crippen molar-refractivity contribution >= 4 is 27.5 Å². The van der Waals surface area contributed by atoms with Crippen LogP contribution >= 0.6 is 10.0 Å². The van der Waals surface area contributed by atoms with Gasteiger partial charge in [0.2, 0.25) is 0 Å². The normalized spacial score (nSPS) is 26.1. The van der Waals surface area contributed by atoms with Gasteiger partial charge in [-0.15, -0.1) is 12.3 Å². The Labute approximate surface area is 165 Å². The van der Waals surface area contributed by atoms with Crippen molar-refractivity contribution in [3.63, 3.8) is 0 Å². The topological polar surface area (TPSA) is 68.2 Å². The summed E-state index contributed by atoms with van der Waals surface area (Å²) in [6.45, 7) is 11.1. The quantitative estimate of drug-likeness (QED) is 0.771. The zero-order chi connectivity index (χ0) is 20.0. The summed E-state index contributed by atoms with van der Waals surface area (Å²) in [5.41, 5.74) is 7.36. The maximum atomic E-state index is 5.91. The minimum Gasteiger partial charge on any atom is -0.369 e. The minimum absolute atomic E-state index is 0.209. The molecule has 1 aromatic heterocycles. The van der Waals surface area contributed by atoms with E-state index in [1.807, 2.05) is 6.33 Å². The van der Waals surface area contributed by atoms with Crippen LogP contribution < -0.4 is 11.1 Å². The first kappa shape index (κ1) is 19.9. The van der Waals surface area contributed by atoms with Gasteiger partial charge in [0.05, 0.1) is 18.1 Å². The second kappa shape index (κ2) is 6.94. The van der Waals surface area contributed by atoms with Crippen LogP contribution in [0.3, 0.4) is 0 Å². The molecule has 1 aromatic rings. The van der Waals surface area contributed by atoms with Gasteiger partial charge in [-0.05, 0) is 48.2 Å². The molecule has 0 amide bonds. The number of aromatic nitrogens is 2. The Balaban J connectivity index is 1.77. The van der Waals surface area contributed by atoms with Gasteiger partial charge in [0, 0.05) is 5.92 Å². The molecule has 1 aliphatic carbocycles. The molecule has 148 valence electrons. The van der Waals surface area contributed by atoms with Gasteiger partial charge in [-0.3, -0.25) is 0 Å². The van der Waals surface area contributed by atoms with Crippen molar-refractivity contribution in [2.75, 3.05) is 18.3 Å². The lowest BCUT2D eigenvalue weighted by Gasteiger charge is -2.45. The Morgan fingerprint density at radius 3 is 2.74 bits per heavy atom. The number of rotatable bonds is 4. The van der Waals surface area contributed by atoms with Crippen molar-refractivity contribution in [1.82, 2.24) is 14.9 Å². The molecular formula is C21H33N5S. The van der Waals surface area contributed by atoms with Crippen LogP contribution in [0, 0.1) is 24.2 Å². The van der Waals surface area contributed by atoms with Crippen molar-refractivity contribution in [3.05, 3.63) is 18.6 Å². The van der Waals surface area contributed by atoms with Crippen LogP contribution in [0.4, 0.5) is 5.82 Å². The fourth-order valence-corrected chi connectivity index (χ4v) is 5.42. The molecule has 2 heterocycles. The van der Waals surface area contributed by atoms with E-state index in [9.17, 15) is 0 Å². The monoisotopic (exact) mass is 387 g/mol. The molecule has 3 N–H and O–H groups in total.